The smallest absolute Gasteiger partial charge is 0.109 e. The van der Waals surface area contributed by atoms with Gasteiger partial charge in [0.05, 0.1) is 0 Å². The van der Waals surface area contributed by atoms with E-state index >= 15 is 0 Å². The van der Waals surface area contributed by atoms with Crippen LogP contribution in [0.15, 0.2) is 11.9 Å². The summed E-state index contributed by atoms with van der Waals surface area (Å²) >= 11 is 0. The minimum atomic E-state index is -0.986. The van der Waals surface area contributed by atoms with Crippen LogP contribution in [0.5, 0.6) is 0 Å². The predicted octanol–water partition coefficient (Wildman–Crippen LogP) is 2.85. The molecule has 2 heteroatoms. The molecule has 0 radical (unpaired) electrons. The summed E-state index contributed by atoms with van der Waals surface area (Å²) in [6.07, 6.45) is 0.995. The van der Waals surface area contributed by atoms with Crippen LogP contribution in [-0.2, 0) is 0 Å². The van der Waals surface area contributed by atoms with Gasteiger partial charge in [-0.15, -0.1) is 0 Å². The Morgan fingerprint density at radius 2 is 2.10 bits per heavy atom. The third-order valence-electron chi connectivity index (χ3n) is 2.02. The number of rotatable bonds is 0. The van der Waals surface area contributed by atoms with Gasteiger partial charge in [0, 0.05) is 5.92 Å². The Bertz CT molecular complexity index is 151. The molecule has 1 aliphatic rings. The molecule has 1 rings (SSSR count). The lowest BCUT2D eigenvalue weighted by Crippen LogP contribution is -2.20. The molecule has 0 N–H and O–H groups in total. The fraction of sp³-hybridized carbons (Fsp3) is 0.750. The SMILES string of the molecule is CC1C=C(F)C(C)[C@H](F)C1. The Balaban J connectivity index is 2.71. The largest absolute Gasteiger partial charge is 0.247 e. The zero-order valence-electron chi connectivity index (χ0n) is 6.27. The molecule has 10 heavy (non-hydrogen) atoms. The van der Waals surface area contributed by atoms with E-state index in [1.54, 1.807) is 6.92 Å². The van der Waals surface area contributed by atoms with Crippen LogP contribution in [-0.4, -0.2) is 6.17 Å². The van der Waals surface area contributed by atoms with Crippen LogP contribution >= 0.6 is 0 Å². The van der Waals surface area contributed by atoms with Crippen molar-refractivity contribution in [1.29, 1.82) is 0 Å². The first-order valence-electron chi connectivity index (χ1n) is 3.62. The molecule has 0 heterocycles. The molecule has 0 aromatic carbocycles. The summed E-state index contributed by atoms with van der Waals surface area (Å²) < 4.78 is 25.5. The van der Waals surface area contributed by atoms with Gasteiger partial charge in [0.1, 0.15) is 12.0 Å². The van der Waals surface area contributed by atoms with Crippen molar-refractivity contribution in [2.75, 3.05) is 0 Å². The average molecular weight is 146 g/mol. The summed E-state index contributed by atoms with van der Waals surface area (Å²) in [5.41, 5.74) is 0. The maximum absolute atomic E-state index is 12.8. The average Bonchev–Trinajstić information content (AvgIpc) is 1.82. The zero-order chi connectivity index (χ0) is 7.72. The first-order chi connectivity index (χ1) is 4.61. The Kier molecular flexibility index (Phi) is 2.07. The van der Waals surface area contributed by atoms with Crippen LogP contribution in [0.1, 0.15) is 20.3 Å². The summed E-state index contributed by atoms with van der Waals surface area (Å²) in [7, 11) is 0. The molecule has 0 aliphatic heterocycles. The molecule has 0 aromatic heterocycles. The molecular weight excluding hydrogens is 134 g/mol. The number of halogens is 2. The molecule has 0 fully saturated rings. The molecule has 0 amide bonds. The van der Waals surface area contributed by atoms with Gasteiger partial charge in [-0.05, 0) is 18.4 Å². The summed E-state index contributed by atoms with van der Waals surface area (Å²) in [6.45, 7) is 3.42. The van der Waals surface area contributed by atoms with Crippen LogP contribution in [0.25, 0.3) is 0 Å². The van der Waals surface area contributed by atoms with Gasteiger partial charge in [-0.25, -0.2) is 8.78 Å². The van der Waals surface area contributed by atoms with E-state index in [4.69, 9.17) is 0 Å². The van der Waals surface area contributed by atoms with Gasteiger partial charge < -0.3 is 0 Å². The monoisotopic (exact) mass is 146 g/mol. The maximum atomic E-state index is 12.8. The van der Waals surface area contributed by atoms with Gasteiger partial charge in [-0.1, -0.05) is 13.8 Å². The van der Waals surface area contributed by atoms with Crippen molar-refractivity contribution in [3.05, 3.63) is 11.9 Å². The molecule has 1 aliphatic carbocycles. The molecular formula is C8H12F2. The highest BCUT2D eigenvalue weighted by Gasteiger charge is 2.26. The zero-order valence-corrected chi connectivity index (χ0v) is 6.27. The summed E-state index contributed by atoms with van der Waals surface area (Å²) in [4.78, 5) is 0. The molecule has 0 saturated heterocycles. The third-order valence-corrected chi connectivity index (χ3v) is 2.02. The topological polar surface area (TPSA) is 0 Å². The van der Waals surface area contributed by atoms with E-state index in [1.807, 2.05) is 6.92 Å². The van der Waals surface area contributed by atoms with E-state index in [1.165, 1.54) is 6.08 Å². The van der Waals surface area contributed by atoms with Gasteiger partial charge in [0.25, 0.3) is 0 Å². The van der Waals surface area contributed by atoms with Crippen molar-refractivity contribution in [2.45, 2.75) is 26.4 Å². The minimum absolute atomic E-state index is 0.0613. The normalized spacial score (nSPS) is 41.2. The summed E-state index contributed by atoms with van der Waals surface area (Å²) in [6, 6.07) is 0. The molecule has 0 spiro atoms. The Labute approximate surface area is 59.9 Å². The molecule has 3 atom stereocenters. The van der Waals surface area contributed by atoms with Gasteiger partial charge in [-0.2, -0.15) is 0 Å². The molecule has 2 unspecified atom stereocenters. The van der Waals surface area contributed by atoms with E-state index in [0.717, 1.165) is 0 Å². The number of alkyl halides is 1. The van der Waals surface area contributed by atoms with E-state index in [9.17, 15) is 8.78 Å². The molecule has 0 nitrogen and oxygen atoms in total. The maximum Gasteiger partial charge on any atom is 0.109 e. The summed E-state index contributed by atoms with van der Waals surface area (Å²) in [5.74, 6) is -0.742. The van der Waals surface area contributed by atoms with Crippen molar-refractivity contribution >= 4 is 0 Å². The Morgan fingerprint density at radius 1 is 1.50 bits per heavy atom. The first kappa shape index (κ1) is 7.70. The molecule has 0 saturated carbocycles. The van der Waals surface area contributed by atoms with Crippen molar-refractivity contribution in [3.8, 4) is 0 Å². The van der Waals surface area contributed by atoms with Gasteiger partial charge in [0.15, 0.2) is 0 Å². The van der Waals surface area contributed by atoms with Gasteiger partial charge >= 0.3 is 0 Å². The number of hydrogen-bond acceptors (Lipinski definition) is 0. The second-order valence-electron chi connectivity index (χ2n) is 3.07. The van der Waals surface area contributed by atoms with Crippen LogP contribution in [0.2, 0.25) is 0 Å². The quantitative estimate of drug-likeness (QED) is 0.493. The lowest BCUT2D eigenvalue weighted by Gasteiger charge is -2.22. The van der Waals surface area contributed by atoms with Crippen molar-refractivity contribution < 1.29 is 8.78 Å². The lowest BCUT2D eigenvalue weighted by atomic mass is 9.88. The standard InChI is InChI=1S/C8H12F2/c1-5-3-7(9)6(2)8(10)4-5/h3,5-6,8H,4H2,1-2H3/t5?,6?,8-/m1/s1. The van der Waals surface area contributed by atoms with Gasteiger partial charge in [-0.3, -0.25) is 0 Å². The predicted molar refractivity (Wildman–Crippen MR) is 37.0 cm³/mol. The fourth-order valence-corrected chi connectivity index (χ4v) is 1.22. The third kappa shape index (κ3) is 1.36. The number of allylic oxidation sites excluding steroid dienone is 2. The van der Waals surface area contributed by atoms with E-state index in [2.05, 4.69) is 0 Å². The fourth-order valence-electron chi connectivity index (χ4n) is 1.22. The first-order valence-corrected chi connectivity index (χ1v) is 3.62. The highest BCUT2D eigenvalue weighted by molar-refractivity contribution is 5.06. The van der Waals surface area contributed by atoms with E-state index in [0.29, 0.717) is 6.42 Å². The van der Waals surface area contributed by atoms with Crippen molar-refractivity contribution in [1.82, 2.24) is 0 Å². The van der Waals surface area contributed by atoms with Crippen LogP contribution < -0.4 is 0 Å². The lowest BCUT2D eigenvalue weighted by molar-refractivity contribution is 0.196. The van der Waals surface area contributed by atoms with E-state index in [-0.39, 0.29) is 11.7 Å². The number of hydrogen-bond donors (Lipinski definition) is 0. The second-order valence-corrected chi connectivity index (χ2v) is 3.07. The van der Waals surface area contributed by atoms with Crippen LogP contribution in [0.3, 0.4) is 0 Å². The minimum Gasteiger partial charge on any atom is -0.247 e. The Hall–Kier alpha value is -0.400. The van der Waals surface area contributed by atoms with Gasteiger partial charge in [0.2, 0.25) is 0 Å². The molecule has 0 aromatic rings. The molecule has 0 bridgehead atoms. The van der Waals surface area contributed by atoms with E-state index < -0.39 is 12.1 Å². The van der Waals surface area contributed by atoms with Crippen LogP contribution in [0, 0.1) is 11.8 Å². The highest BCUT2D eigenvalue weighted by Crippen LogP contribution is 2.30. The van der Waals surface area contributed by atoms with Crippen LogP contribution in [0.4, 0.5) is 8.78 Å². The highest BCUT2D eigenvalue weighted by atomic mass is 19.1. The molecule has 58 valence electrons. The van der Waals surface area contributed by atoms with Crippen molar-refractivity contribution in [3.63, 3.8) is 0 Å². The second kappa shape index (κ2) is 2.69. The summed E-state index contributed by atoms with van der Waals surface area (Å²) in [5, 5.41) is 0. The Morgan fingerprint density at radius 3 is 2.60 bits per heavy atom. The van der Waals surface area contributed by atoms with Crippen molar-refractivity contribution in [2.24, 2.45) is 11.8 Å².